The van der Waals surface area contributed by atoms with Crippen LogP contribution in [0.2, 0.25) is 0 Å². The third kappa shape index (κ3) is 4.98. The molecule has 34 heavy (non-hydrogen) atoms. The molecule has 1 heterocycles. The largest absolute Gasteiger partial charge is 0.416 e. The molecule has 1 aliphatic heterocycles. The lowest BCUT2D eigenvalue weighted by atomic mass is 9.93. The molecule has 10 heteroatoms. The second-order valence-corrected chi connectivity index (χ2v) is 11.2. The summed E-state index contributed by atoms with van der Waals surface area (Å²) in [6.07, 6.45) is -3.93. The molecule has 2 aromatic rings. The van der Waals surface area contributed by atoms with Crippen molar-refractivity contribution in [3.8, 4) is 0 Å². The molecular weight excluding hydrogens is 472 g/mol. The molecule has 0 bridgehead atoms. The Morgan fingerprint density at radius 1 is 0.971 bits per heavy atom. The summed E-state index contributed by atoms with van der Waals surface area (Å²) in [5.41, 5.74) is -0.0477. The number of amides is 1. The molecular formula is C24H26F4N2O3S. The molecule has 2 atom stereocenters. The molecule has 1 saturated carbocycles. The van der Waals surface area contributed by atoms with Gasteiger partial charge in [0.15, 0.2) is 0 Å². The fourth-order valence-electron chi connectivity index (χ4n) is 4.71. The summed E-state index contributed by atoms with van der Waals surface area (Å²) in [4.78, 5) is 12.0. The fraction of sp³-hybridized carbons (Fsp3) is 0.458. The molecule has 0 spiro atoms. The molecule has 2 fully saturated rings. The predicted molar refractivity (Wildman–Crippen MR) is 118 cm³/mol. The van der Waals surface area contributed by atoms with E-state index in [0.717, 1.165) is 30.2 Å². The number of sulfone groups is 1. The van der Waals surface area contributed by atoms with Gasteiger partial charge in [-0.15, -0.1) is 0 Å². The lowest BCUT2D eigenvalue weighted by molar-refractivity contribution is -0.137. The Labute approximate surface area is 195 Å². The third-order valence-corrected chi connectivity index (χ3v) is 8.94. The number of halogens is 4. The number of hydrogen-bond acceptors (Lipinski definition) is 4. The van der Waals surface area contributed by atoms with E-state index in [-0.39, 0.29) is 24.8 Å². The van der Waals surface area contributed by atoms with Gasteiger partial charge < -0.3 is 5.32 Å². The highest BCUT2D eigenvalue weighted by molar-refractivity contribution is 7.92. The van der Waals surface area contributed by atoms with Crippen LogP contribution in [0.25, 0.3) is 0 Å². The van der Waals surface area contributed by atoms with Crippen LogP contribution in [0.15, 0.2) is 59.5 Å². The molecule has 0 aromatic heterocycles. The molecule has 1 aliphatic carbocycles. The Morgan fingerprint density at radius 3 is 2.29 bits per heavy atom. The van der Waals surface area contributed by atoms with Gasteiger partial charge in [-0.3, -0.25) is 10.1 Å². The van der Waals surface area contributed by atoms with Crippen molar-refractivity contribution < 1.29 is 30.8 Å². The number of nitrogens with one attached hydrogen (secondary N) is 2. The van der Waals surface area contributed by atoms with Gasteiger partial charge in [-0.1, -0.05) is 36.4 Å². The Bertz CT molecular complexity index is 1130. The molecule has 4 rings (SSSR count). The van der Waals surface area contributed by atoms with E-state index in [4.69, 9.17) is 0 Å². The fourth-order valence-corrected chi connectivity index (χ4v) is 6.45. The SMILES string of the molecule is O=C(N[C@H]1CC[C@@](F)(S(=O)(=O)c2cccc(C(F)(F)F)c2)CC1)[C@H]1CC[C@@H](c2ccccc2)N1. The molecule has 5 nitrogen and oxygen atoms in total. The van der Waals surface area contributed by atoms with Crippen LogP contribution in [0.5, 0.6) is 0 Å². The van der Waals surface area contributed by atoms with Gasteiger partial charge in [-0.25, -0.2) is 12.8 Å². The minimum atomic E-state index is -4.73. The first-order valence-corrected chi connectivity index (χ1v) is 12.7. The van der Waals surface area contributed by atoms with Crippen molar-refractivity contribution in [3.63, 3.8) is 0 Å². The Kier molecular flexibility index (Phi) is 6.74. The van der Waals surface area contributed by atoms with Crippen molar-refractivity contribution in [2.24, 2.45) is 0 Å². The topological polar surface area (TPSA) is 75.3 Å². The molecule has 184 valence electrons. The van der Waals surface area contributed by atoms with Gasteiger partial charge in [0.1, 0.15) is 0 Å². The van der Waals surface area contributed by atoms with Gasteiger partial charge in [0.2, 0.25) is 20.7 Å². The predicted octanol–water partition coefficient (Wildman–Crippen LogP) is 4.70. The van der Waals surface area contributed by atoms with Gasteiger partial charge in [0.05, 0.1) is 16.5 Å². The summed E-state index contributed by atoms with van der Waals surface area (Å²) in [6, 6.07) is 12.2. The molecule has 0 unspecified atom stereocenters. The second-order valence-electron chi connectivity index (χ2n) is 8.95. The van der Waals surface area contributed by atoms with Gasteiger partial charge in [-0.2, -0.15) is 13.2 Å². The molecule has 2 N–H and O–H groups in total. The first-order chi connectivity index (χ1) is 16.0. The van der Waals surface area contributed by atoms with Crippen molar-refractivity contribution in [2.45, 2.75) is 72.7 Å². The van der Waals surface area contributed by atoms with E-state index < -0.39 is 56.4 Å². The molecule has 2 aromatic carbocycles. The van der Waals surface area contributed by atoms with Crippen LogP contribution in [0.3, 0.4) is 0 Å². The number of alkyl halides is 4. The van der Waals surface area contributed by atoms with Crippen LogP contribution in [-0.2, 0) is 20.8 Å². The number of carbonyl (C=O) groups is 1. The number of hydrogen-bond donors (Lipinski definition) is 2. The summed E-state index contributed by atoms with van der Waals surface area (Å²) < 4.78 is 80.2. The van der Waals surface area contributed by atoms with Crippen LogP contribution in [0.4, 0.5) is 17.6 Å². The van der Waals surface area contributed by atoms with Gasteiger partial charge in [-0.05, 0) is 62.3 Å². The van der Waals surface area contributed by atoms with E-state index in [1.54, 1.807) is 0 Å². The van der Waals surface area contributed by atoms with Gasteiger partial charge in [0.25, 0.3) is 0 Å². The van der Waals surface area contributed by atoms with E-state index in [2.05, 4.69) is 10.6 Å². The van der Waals surface area contributed by atoms with E-state index >= 15 is 4.39 Å². The summed E-state index contributed by atoms with van der Waals surface area (Å²) >= 11 is 0. The van der Waals surface area contributed by atoms with Gasteiger partial charge in [0, 0.05) is 12.1 Å². The lowest BCUT2D eigenvalue weighted by Gasteiger charge is -2.34. The Morgan fingerprint density at radius 2 is 1.65 bits per heavy atom. The maximum Gasteiger partial charge on any atom is 0.416 e. The minimum absolute atomic E-state index is 0.0689. The summed E-state index contributed by atoms with van der Waals surface area (Å²) in [5, 5.41) is 3.50. The standard InChI is InChI=1S/C24H26F4N2O3S/c25-23(34(32,33)19-8-4-7-17(15-19)24(26,27)28)13-11-18(12-14-23)29-22(31)21-10-9-20(30-21)16-5-2-1-3-6-16/h1-8,15,18,20-21,30H,9-14H2,(H,29,31)/t18-,20-,21+,23+/m0/s1. The zero-order chi connectivity index (χ0) is 24.6. The summed E-state index contributed by atoms with van der Waals surface area (Å²) in [6.45, 7) is 0. The van der Waals surface area contributed by atoms with Crippen molar-refractivity contribution >= 4 is 15.7 Å². The highest BCUT2D eigenvalue weighted by Crippen LogP contribution is 2.41. The van der Waals surface area contributed by atoms with Crippen molar-refractivity contribution in [2.75, 3.05) is 0 Å². The molecule has 1 amide bonds. The Balaban J connectivity index is 1.36. The number of rotatable bonds is 5. The van der Waals surface area contributed by atoms with Crippen LogP contribution >= 0.6 is 0 Å². The normalized spacial score (nSPS) is 27.9. The highest BCUT2D eigenvalue weighted by atomic mass is 32.2. The quantitative estimate of drug-likeness (QED) is 0.587. The smallest absolute Gasteiger partial charge is 0.352 e. The molecule has 1 saturated heterocycles. The van der Waals surface area contributed by atoms with Crippen LogP contribution < -0.4 is 10.6 Å². The van der Waals surface area contributed by atoms with Crippen molar-refractivity contribution in [1.29, 1.82) is 0 Å². The first kappa shape index (κ1) is 24.7. The lowest BCUT2D eigenvalue weighted by Crippen LogP contribution is -2.49. The van der Waals surface area contributed by atoms with E-state index in [1.165, 1.54) is 0 Å². The van der Waals surface area contributed by atoms with E-state index in [0.29, 0.717) is 12.5 Å². The Hall–Kier alpha value is -2.46. The van der Waals surface area contributed by atoms with E-state index in [9.17, 15) is 26.4 Å². The summed E-state index contributed by atoms with van der Waals surface area (Å²) in [5.74, 6) is -0.212. The van der Waals surface area contributed by atoms with Gasteiger partial charge >= 0.3 is 6.18 Å². The highest BCUT2D eigenvalue weighted by Gasteiger charge is 2.48. The maximum absolute atomic E-state index is 15.5. The second kappa shape index (κ2) is 9.30. The number of carbonyl (C=O) groups excluding carboxylic acids is 1. The third-order valence-electron chi connectivity index (χ3n) is 6.70. The van der Waals surface area contributed by atoms with E-state index in [1.807, 2.05) is 30.3 Å². The summed E-state index contributed by atoms with van der Waals surface area (Å²) in [7, 11) is -4.64. The number of benzene rings is 2. The minimum Gasteiger partial charge on any atom is -0.352 e. The van der Waals surface area contributed by atoms with Crippen LogP contribution in [0, 0.1) is 0 Å². The van der Waals surface area contributed by atoms with Crippen LogP contribution in [0.1, 0.15) is 55.7 Å². The van der Waals surface area contributed by atoms with Crippen molar-refractivity contribution in [1.82, 2.24) is 10.6 Å². The monoisotopic (exact) mass is 498 g/mol. The molecule has 0 radical (unpaired) electrons. The average Bonchev–Trinajstić information content (AvgIpc) is 3.31. The van der Waals surface area contributed by atoms with Crippen LogP contribution in [-0.4, -0.2) is 31.4 Å². The zero-order valence-electron chi connectivity index (χ0n) is 18.3. The maximum atomic E-state index is 15.5. The molecule has 2 aliphatic rings. The average molecular weight is 499 g/mol. The van der Waals surface area contributed by atoms with Crippen molar-refractivity contribution in [3.05, 3.63) is 65.7 Å². The zero-order valence-corrected chi connectivity index (χ0v) is 19.1. The first-order valence-electron chi connectivity index (χ1n) is 11.2.